The van der Waals surface area contributed by atoms with E-state index in [9.17, 15) is 0 Å². The van der Waals surface area contributed by atoms with E-state index >= 15 is 0 Å². The molecule has 0 radical (unpaired) electrons. The zero-order chi connectivity index (χ0) is 12.3. The minimum Gasteiger partial charge on any atom is -0.342 e. The van der Waals surface area contributed by atoms with Gasteiger partial charge in [-0.15, -0.1) is 0 Å². The van der Waals surface area contributed by atoms with Gasteiger partial charge in [-0.1, -0.05) is 32.1 Å². The summed E-state index contributed by atoms with van der Waals surface area (Å²) in [7, 11) is 0. The Morgan fingerprint density at radius 1 is 1.35 bits per heavy atom. The van der Waals surface area contributed by atoms with Crippen LogP contribution in [0.15, 0.2) is 30.5 Å². The normalized spacial score (nSPS) is 10.8. The summed E-state index contributed by atoms with van der Waals surface area (Å²) in [4.78, 5) is 11.9. The van der Waals surface area contributed by atoms with Crippen LogP contribution in [0.25, 0.3) is 11.5 Å². The lowest BCUT2D eigenvalue weighted by atomic mass is 10.1. The molecule has 0 amide bonds. The van der Waals surface area contributed by atoms with Crippen molar-refractivity contribution in [2.24, 2.45) is 5.92 Å². The molecule has 17 heavy (non-hydrogen) atoms. The van der Waals surface area contributed by atoms with Gasteiger partial charge < -0.3 is 4.98 Å². The predicted octanol–water partition coefficient (Wildman–Crippen LogP) is 3.40. The van der Waals surface area contributed by atoms with Gasteiger partial charge in [-0.2, -0.15) is 0 Å². The number of aromatic amines is 1. The first kappa shape index (κ1) is 11.9. The van der Waals surface area contributed by atoms with Crippen molar-refractivity contribution in [3.8, 4) is 11.5 Å². The van der Waals surface area contributed by atoms with Crippen molar-refractivity contribution >= 4 is 12.2 Å². The van der Waals surface area contributed by atoms with Gasteiger partial charge in [-0.25, -0.2) is 4.98 Å². The van der Waals surface area contributed by atoms with Gasteiger partial charge >= 0.3 is 0 Å². The zero-order valence-corrected chi connectivity index (χ0v) is 10.8. The van der Waals surface area contributed by atoms with Crippen molar-refractivity contribution in [1.29, 1.82) is 0 Å². The zero-order valence-electron chi connectivity index (χ0n) is 9.97. The standard InChI is InChI=1S/C13H15N3S/c1-9(2)7-10-8-12(17)16-13(15-10)11-5-3-4-6-14-11/h3-6,8-9H,7H2,1-2H3,(H,15,16,17). The summed E-state index contributed by atoms with van der Waals surface area (Å²) < 4.78 is 0.611. The highest BCUT2D eigenvalue weighted by molar-refractivity contribution is 7.71. The molecule has 0 aliphatic heterocycles. The number of H-pyrrole nitrogens is 1. The lowest BCUT2D eigenvalue weighted by Crippen LogP contribution is -2.01. The molecule has 2 aromatic rings. The van der Waals surface area contributed by atoms with E-state index in [2.05, 4.69) is 28.8 Å². The van der Waals surface area contributed by atoms with Crippen molar-refractivity contribution in [1.82, 2.24) is 15.0 Å². The number of rotatable bonds is 3. The molecule has 0 saturated carbocycles. The van der Waals surface area contributed by atoms with Gasteiger partial charge in [0.2, 0.25) is 0 Å². The van der Waals surface area contributed by atoms with Gasteiger partial charge in [-0.05, 0) is 30.5 Å². The van der Waals surface area contributed by atoms with Crippen LogP contribution in [0.2, 0.25) is 0 Å². The van der Waals surface area contributed by atoms with Gasteiger partial charge in [0.1, 0.15) is 10.3 Å². The van der Waals surface area contributed by atoms with Gasteiger partial charge in [0.15, 0.2) is 5.82 Å². The van der Waals surface area contributed by atoms with Crippen LogP contribution < -0.4 is 0 Å². The van der Waals surface area contributed by atoms with Gasteiger partial charge in [-0.3, -0.25) is 4.98 Å². The molecule has 4 heteroatoms. The van der Waals surface area contributed by atoms with Gasteiger partial charge in [0.25, 0.3) is 0 Å². The van der Waals surface area contributed by atoms with E-state index in [-0.39, 0.29) is 0 Å². The van der Waals surface area contributed by atoms with E-state index in [0.717, 1.165) is 23.6 Å². The molecule has 0 fully saturated rings. The number of pyridine rings is 1. The number of nitrogens with zero attached hydrogens (tertiary/aromatic N) is 2. The number of hydrogen-bond donors (Lipinski definition) is 1. The number of aromatic nitrogens is 3. The minimum atomic E-state index is 0.583. The summed E-state index contributed by atoms with van der Waals surface area (Å²) in [6.07, 6.45) is 2.72. The van der Waals surface area contributed by atoms with E-state index in [0.29, 0.717) is 10.6 Å². The maximum atomic E-state index is 5.18. The van der Waals surface area contributed by atoms with Crippen molar-refractivity contribution in [2.75, 3.05) is 0 Å². The summed E-state index contributed by atoms with van der Waals surface area (Å²) >= 11 is 5.18. The highest BCUT2D eigenvalue weighted by atomic mass is 32.1. The largest absolute Gasteiger partial charge is 0.342 e. The summed E-state index contributed by atoms with van der Waals surface area (Å²) in [5.74, 6) is 1.33. The average Bonchev–Trinajstić information content (AvgIpc) is 2.28. The topological polar surface area (TPSA) is 41.6 Å². The first-order chi connectivity index (χ1) is 8.15. The molecular formula is C13H15N3S. The highest BCUT2D eigenvalue weighted by Gasteiger charge is 2.04. The lowest BCUT2D eigenvalue weighted by Gasteiger charge is -2.07. The smallest absolute Gasteiger partial charge is 0.157 e. The fourth-order valence-corrected chi connectivity index (χ4v) is 1.92. The second-order valence-corrected chi connectivity index (χ2v) is 4.82. The molecule has 3 nitrogen and oxygen atoms in total. The molecule has 0 unspecified atom stereocenters. The summed E-state index contributed by atoms with van der Waals surface area (Å²) in [5.41, 5.74) is 1.94. The summed E-state index contributed by atoms with van der Waals surface area (Å²) in [5, 5.41) is 0. The Hall–Kier alpha value is -1.55. The molecule has 0 spiro atoms. The molecule has 0 aliphatic rings. The monoisotopic (exact) mass is 245 g/mol. The third kappa shape index (κ3) is 3.20. The maximum absolute atomic E-state index is 5.18. The predicted molar refractivity (Wildman–Crippen MR) is 71.2 cm³/mol. The molecule has 2 aromatic heterocycles. The highest BCUT2D eigenvalue weighted by Crippen LogP contribution is 2.13. The molecule has 1 N–H and O–H groups in total. The van der Waals surface area contributed by atoms with Crippen LogP contribution in [0.1, 0.15) is 19.5 Å². The van der Waals surface area contributed by atoms with Gasteiger partial charge in [0.05, 0.1) is 0 Å². The Labute approximate surface area is 106 Å². The van der Waals surface area contributed by atoms with Crippen LogP contribution in [-0.4, -0.2) is 15.0 Å². The van der Waals surface area contributed by atoms with Gasteiger partial charge in [0, 0.05) is 11.9 Å². The molecule has 2 heterocycles. The van der Waals surface area contributed by atoms with E-state index in [1.807, 2.05) is 24.3 Å². The Kier molecular flexibility index (Phi) is 3.64. The van der Waals surface area contributed by atoms with Crippen molar-refractivity contribution in [3.63, 3.8) is 0 Å². The van der Waals surface area contributed by atoms with Crippen LogP contribution in [0.4, 0.5) is 0 Å². The molecule has 88 valence electrons. The van der Waals surface area contributed by atoms with E-state index < -0.39 is 0 Å². The lowest BCUT2D eigenvalue weighted by molar-refractivity contribution is 0.634. The van der Waals surface area contributed by atoms with E-state index in [4.69, 9.17) is 12.2 Å². The SMILES string of the molecule is CC(C)Cc1cc(=S)nc(-c2ccccn2)[nH]1. The second kappa shape index (κ2) is 5.19. The number of nitrogens with one attached hydrogen (secondary N) is 1. The fourth-order valence-electron chi connectivity index (χ4n) is 1.68. The van der Waals surface area contributed by atoms with Crippen LogP contribution in [0.5, 0.6) is 0 Å². The van der Waals surface area contributed by atoms with E-state index in [1.54, 1.807) is 6.20 Å². The summed E-state index contributed by atoms with van der Waals surface area (Å²) in [6, 6.07) is 7.67. The Morgan fingerprint density at radius 3 is 2.82 bits per heavy atom. The maximum Gasteiger partial charge on any atom is 0.157 e. The summed E-state index contributed by atoms with van der Waals surface area (Å²) in [6.45, 7) is 4.36. The molecule has 0 aromatic carbocycles. The van der Waals surface area contributed by atoms with Crippen LogP contribution in [0.3, 0.4) is 0 Å². The first-order valence-corrected chi connectivity index (χ1v) is 6.07. The van der Waals surface area contributed by atoms with Crippen LogP contribution in [-0.2, 0) is 6.42 Å². The average molecular weight is 245 g/mol. The van der Waals surface area contributed by atoms with Crippen LogP contribution >= 0.6 is 12.2 Å². The third-order valence-corrected chi connectivity index (χ3v) is 2.54. The Balaban J connectivity index is 2.42. The quantitative estimate of drug-likeness (QED) is 0.843. The van der Waals surface area contributed by atoms with Crippen LogP contribution in [0, 0.1) is 10.6 Å². The Morgan fingerprint density at radius 2 is 2.18 bits per heavy atom. The molecule has 0 saturated heterocycles. The molecule has 0 aliphatic carbocycles. The Bertz CT molecular complexity index is 546. The molecule has 0 atom stereocenters. The fraction of sp³-hybridized carbons (Fsp3) is 0.308. The molecular weight excluding hydrogens is 230 g/mol. The third-order valence-electron chi connectivity index (χ3n) is 2.33. The number of hydrogen-bond acceptors (Lipinski definition) is 3. The molecule has 0 bridgehead atoms. The first-order valence-electron chi connectivity index (χ1n) is 5.67. The molecule has 2 rings (SSSR count). The second-order valence-electron chi connectivity index (χ2n) is 4.41. The van der Waals surface area contributed by atoms with Crippen molar-refractivity contribution in [2.45, 2.75) is 20.3 Å². The van der Waals surface area contributed by atoms with Crippen molar-refractivity contribution in [3.05, 3.63) is 40.8 Å². The minimum absolute atomic E-state index is 0.583. The van der Waals surface area contributed by atoms with E-state index in [1.165, 1.54) is 0 Å². The van der Waals surface area contributed by atoms with Crippen molar-refractivity contribution < 1.29 is 0 Å².